The Morgan fingerprint density at radius 3 is 2.33 bits per heavy atom. The number of hydrogen-bond acceptors (Lipinski definition) is 2. The molecule has 0 unspecified atom stereocenters. The first-order valence-electron chi connectivity index (χ1n) is 6.27. The zero-order valence-corrected chi connectivity index (χ0v) is 13.9. The predicted octanol–water partition coefficient (Wildman–Crippen LogP) is 3.54. The highest BCUT2D eigenvalue weighted by Gasteiger charge is 2.35. The van der Waals surface area contributed by atoms with Gasteiger partial charge in [0, 0.05) is 16.6 Å². The number of benzene rings is 1. The second-order valence-electron chi connectivity index (χ2n) is 5.58. The summed E-state index contributed by atoms with van der Waals surface area (Å²) in [4.78, 5) is 13.9. The van der Waals surface area contributed by atoms with Crippen LogP contribution in [-0.2, 0) is 6.18 Å². The number of likely N-dealkylation sites (N-methyl/N-ethyl adjacent to an activating group) is 1. The van der Waals surface area contributed by atoms with Gasteiger partial charge in [-0.2, -0.15) is 13.2 Å². The average molecular weight is 367 g/mol. The minimum absolute atomic E-state index is 0.242. The van der Waals surface area contributed by atoms with Crippen molar-refractivity contribution in [2.45, 2.75) is 25.6 Å². The molecule has 3 nitrogen and oxygen atoms in total. The van der Waals surface area contributed by atoms with Crippen LogP contribution in [0.2, 0.25) is 0 Å². The van der Waals surface area contributed by atoms with E-state index in [0.29, 0.717) is 0 Å². The van der Waals surface area contributed by atoms with Crippen molar-refractivity contribution in [1.29, 1.82) is 0 Å². The molecule has 0 aliphatic carbocycles. The molecule has 1 amide bonds. The summed E-state index contributed by atoms with van der Waals surface area (Å²) in [6.07, 6.45) is -4.58. The Bertz CT molecular complexity index is 527. The molecule has 0 saturated heterocycles. The van der Waals surface area contributed by atoms with Gasteiger partial charge in [-0.3, -0.25) is 4.79 Å². The normalized spacial score (nSPS) is 12.6. The lowest BCUT2D eigenvalue weighted by molar-refractivity contribution is -0.138. The molecule has 21 heavy (non-hydrogen) atoms. The van der Waals surface area contributed by atoms with Crippen molar-refractivity contribution in [2.24, 2.45) is 0 Å². The van der Waals surface area contributed by atoms with E-state index >= 15 is 0 Å². The lowest BCUT2D eigenvalue weighted by Crippen LogP contribution is -2.48. The maximum absolute atomic E-state index is 13.0. The van der Waals surface area contributed by atoms with E-state index < -0.39 is 17.6 Å². The molecule has 1 aromatic rings. The van der Waals surface area contributed by atoms with Crippen molar-refractivity contribution in [2.75, 3.05) is 20.6 Å². The highest BCUT2D eigenvalue weighted by molar-refractivity contribution is 9.10. The van der Waals surface area contributed by atoms with Gasteiger partial charge in [0.2, 0.25) is 0 Å². The Morgan fingerprint density at radius 2 is 1.86 bits per heavy atom. The van der Waals surface area contributed by atoms with E-state index in [1.165, 1.54) is 12.1 Å². The standard InChI is InChI=1S/C14H18BrF3N2O/c1-13(2,20(3)4)8-19-12(21)10-6-5-9(15)7-11(10)14(16,17)18/h5-7H,8H2,1-4H3,(H,19,21). The summed E-state index contributed by atoms with van der Waals surface area (Å²) in [5.41, 5.74) is -1.68. The minimum Gasteiger partial charge on any atom is -0.350 e. The van der Waals surface area contributed by atoms with Crippen LogP contribution in [0.15, 0.2) is 22.7 Å². The van der Waals surface area contributed by atoms with Crippen molar-refractivity contribution in [3.05, 3.63) is 33.8 Å². The molecule has 0 aliphatic rings. The molecular weight excluding hydrogens is 349 g/mol. The molecule has 118 valence electrons. The van der Waals surface area contributed by atoms with Gasteiger partial charge in [-0.25, -0.2) is 0 Å². The third-order valence-corrected chi connectivity index (χ3v) is 3.92. The summed E-state index contributed by atoms with van der Waals surface area (Å²) >= 11 is 2.99. The largest absolute Gasteiger partial charge is 0.417 e. The molecule has 0 aromatic heterocycles. The number of nitrogens with one attached hydrogen (secondary N) is 1. The molecule has 0 heterocycles. The van der Waals surface area contributed by atoms with Gasteiger partial charge in [-0.05, 0) is 46.1 Å². The number of alkyl halides is 3. The van der Waals surface area contributed by atoms with Gasteiger partial charge in [0.25, 0.3) is 5.91 Å². The average Bonchev–Trinajstić information content (AvgIpc) is 2.34. The maximum atomic E-state index is 13.0. The number of hydrogen-bond donors (Lipinski definition) is 1. The van der Waals surface area contributed by atoms with Crippen LogP contribution in [0.5, 0.6) is 0 Å². The van der Waals surface area contributed by atoms with Gasteiger partial charge in [0.15, 0.2) is 0 Å². The van der Waals surface area contributed by atoms with Gasteiger partial charge in [-0.1, -0.05) is 15.9 Å². The molecular formula is C14H18BrF3N2O. The fourth-order valence-corrected chi connectivity index (χ4v) is 1.86. The Labute approximate surface area is 130 Å². The van der Waals surface area contributed by atoms with Crippen LogP contribution < -0.4 is 5.32 Å². The van der Waals surface area contributed by atoms with E-state index in [1.807, 2.05) is 32.8 Å². The van der Waals surface area contributed by atoms with Gasteiger partial charge in [0.05, 0.1) is 11.1 Å². The SMILES string of the molecule is CN(C)C(C)(C)CNC(=O)c1ccc(Br)cc1C(F)(F)F. The first kappa shape index (κ1) is 18.0. The third-order valence-electron chi connectivity index (χ3n) is 3.42. The van der Waals surface area contributed by atoms with Crippen molar-refractivity contribution in [3.63, 3.8) is 0 Å². The van der Waals surface area contributed by atoms with E-state index in [9.17, 15) is 18.0 Å². The zero-order chi connectivity index (χ0) is 16.4. The van der Waals surface area contributed by atoms with Gasteiger partial charge < -0.3 is 10.2 Å². The summed E-state index contributed by atoms with van der Waals surface area (Å²) in [6.45, 7) is 4.02. The van der Waals surface area contributed by atoms with Crippen LogP contribution in [-0.4, -0.2) is 37.0 Å². The molecule has 0 bridgehead atoms. The van der Waals surface area contributed by atoms with Gasteiger partial charge in [-0.15, -0.1) is 0 Å². The molecule has 0 spiro atoms. The predicted molar refractivity (Wildman–Crippen MR) is 79.2 cm³/mol. The third kappa shape index (κ3) is 4.71. The molecule has 1 N–H and O–H groups in total. The minimum atomic E-state index is -4.58. The Balaban J connectivity index is 2.99. The van der Waals surface area contributed by atoms with Crippen molar-refractivity contribution in [3.8, 4) is 0 Å². The number of nitrogens with zero attached hydrogens (tertiary/aromatic N) is 1. The molecule has 1 aromatic carbocycles. The highest BCUT2D eigenvalue weighted by atomic mass is 79.9. The maximum Gasteiger partial charge on any atom is 0.417 e. The Morgan fingerprint density at radius 1 is 1.29 bits per heavy atom. The van der Waals surface area contributed by atoms with Crippen molar-refractivity contribution >= 4 is 21.8 Å². The van der Waals surface area contributed by atoms with E-state index in [0.717, 1.165) is 6.07 Å². The van der Waals surface area contributed by atoms with E-state index in [1.54, 1.807) is 0 Å². The smallest absolute Gasteiger partial charge is 0.350 e. The molecule has 0 fully saturated rings. The molecule has 0 aliphatic heterocycles. The summed E-state index contributed by atoms with van der Waals surface area (Å²) < 4.78 is 39.2. The monoisotopic (exact) mass is 366 g/mol. The Kier molecular flexibility index (Phi) is 5.44. The zero-order valence-electron chi connectivity index (χ0n) is 12.3. The van der Waals surface area contributed by atoms with Crippen LogP contribution in [0.25, 0.3) is 0 Å². The molecule has 7 heteroatoms. The number of halogens is 4. The molecule has 1 rings (SSSR count). The van der Waals surface area contributed by atoms with E-state index in [2.05, 4.69) is 21.2 Å². The lowest BCUT2D eigenvalue weighted by Gasteiger charge is -2.32. The topological polar surface area (TPSA) is 32.3 Å². The van der Waals surface area contributed by atoms with E-state index in [4.69, 9.17) is 0 Å². The number of rotatable bonds is 4. The van der Waals surface area contributed by atoms with Crippen LogP contribution >= 0.6 is 15.9 Å². The highest BCUT2D eigenvalue weighted by Crippen LogP contribution is 2.33. The van der Waals surface area contributed by atoms with Crippen molar-refractivity contribution < 1.29 is 18.0 Å². The fraction of sp³-hybridized carbons (Fsp3) is 0.500. The van der Waals surface area contributed by atoms with Crippen LogP contribution in [0.4, 0.5) is 13.2 Å². The quantitative estimate of drug-likeness (QED) is 0.883. The first-order valence-corrected chi connectivity index (χ1v) is 7.07. The van der Waals surface area contributed by atoms with Crippen LogP contribution in [0, 0.1) is 0 Å². The van der Waals surface area contributed by atoms with Gasteiger partial charge in [0.1, 0.15) is 0 Å². The lowest BCUT2D eigenvalue weighted by atomic mass is 10.0. The number of carbonyl (C=O) groups excluding carboxylic acids is 1. The summed E-state index contributed by atoms with van der Waals surface area (Å²) in [6, 6.07) is 3.50. The number of carbonyl (C=O) groups is 1. The summed E-state index contributed by atoms with van der Waals surface area (Å²) in [7, 11) is 3.68. The number of amides is 1. The molecule has 0 radical (unpaired) electrons. The second-order valence-corrected chi connectivity index (χ2v) is 6.49. The molecule has 0 saturated carbocycles. The Hall–Kier alpha value is -1.08. The molecule has 0 atom stereocenters. The van der Waals surface area contributed by atoms with Crippen molar-refractivity contribution in [1.82, 2.24) is 10.2 Å². The van der Waals surface area contributed by atoms with E-state index in [-0.39, 0.29) is 22.1 Å². The van der Waals surface area contributed by atoms with Gasteiger partial charge >= 0.3 is 6.18 Å². The summed E-state index contributed by atoms with van der Waals surface area (Å²) in [5, 5.41) is 2.56. The second kappa shape index (κ2) is 6.36. The van der Waals surface area contributed by atoms with Crippen LogP contribution in [0.1, 0.15) is 29.8 Å². The fourth-order valence-electron chi connectivity index (χ4n) is 1.50. The van der Waals surface area contributed by atoms with Crippen LogP contribution in [0.3, 0.4) is 0 Å². The summed E-state index contributed by atoms with van der Waals surface area (Å²) in [5.74, 6) is -0.732. The first-order chi connectivity index (χ1) is 9.45.